The second kappa shape index (κ2) is 8.22. The van der Waals surface area contributed by atoms with E-state index in [4.69, 9.17) is 23.2 Å². The van der Waals surface area contributed by atoms with Crippen molar-refractivity contribution in [3.05, 3.63) is 28.2 Å². The van der Waals surface area contributed by atoms with E-state index in [1.54, 1.807) is 18.2 Å². The summed E-state index contributed by atoms with van der Waals surface area (Å²) in [5.41, 5.74) is 0.279. The number of para-hydroxylation sites is 1. The summed E-state index contributed by atoms with van der Waals surface area (Å²) >= 11 is 12.0. The molecule has 0 aliphatic carbocycles. The van der Waals surface area contributed by atoms with Crippen molar-refractivity contribution in [3.8, 4) is 0 Å². The number of anilines is 1. The smallest absolute Gasteiger partial charge is 0.282 e. The van der Waals surface area contributed by atoms with Crippen LogP contribution in [0.25, 0.3) is 0 Å². The Morgan fingerprint density at radius 1 is 1.24 bits per heavy atom. The molecule has 1 aromatic carbocycles. The van der Waals surface area contributed by atoms with E-state index in [1.165, 1.54) is 11.4 Å². The van der Waals surface area contributed by atoms with Crippen molar-refractivity contribution >= 4 is 45.0 Å². The Balaban J connectivity index is 2.05. The van der Waals surface area contributed by atoms with Crippen LogP contribution in [0.15, 0.2) is 18.2 Å². The summed E-state index contributed by atoms with van der Waals surface area (Å²) in [6.45, 7) is 4.68. The molecular weight excluding hydrogens is 385 g/mol. The van der Waals surface area contributed by atoms with Crippen LogP contribution in [0.1, 0.15) is 20.3 Å². The Labute approximate surface area is 159 Å². The summed E-state index contributed by atoms with van der Waals surface area (Å²) in [4.78, 5) is 12.2. The van der Waals surface area contributed by atoms with Crippen LogP contribution in [0.3, 0.4) is 0 Å². The number of carbonyl (C=O) groups is 1. The molecule has 0 saturated carbocycles. The Kier molecular flexibility index (Phi) is 6.73. The van der Waals surface area contributed by atoms with E-state index < -0.39 is 16.1 Å². The number of halogens is 2. The van der Waals surface area contributed by atoms with Crippen molar-refractivity contribution in [2.24, 2.45) is 11.8 Å². The van der Waals surface area contributed by atoms with Gasteiger partial charge in [0.05, 0.1) is 22.3 Å². The molecule has 1 aromatic rings. The molecule has 1 N–H and O–H groups in total. The Morgan fingerprint density at radius 3 is 2.28 bits per heavy atom. The maximum absolute atomic E-state index is 12.7. The summed E-state index contributed by atoms with van der Waals surface area (Å²) in [5.74, 6) is 0.0875. The maximum atomic E-state index is 12.7. The molecule has 6 nitrogen and oxygen atoms in total. The molecule has 0 bridgehead atoms. The largest absolute Gasteiger partial charge is 0.322 e. The number of rotatable bonds is 5. The minimum absolute atomic E-state index is 0.279. The molecule has 1 amide bonds. The zero-order valence-electron chi connectivity index (χ0n) is 14.5. The van der Waals surface area contributed by atoms with Gasteiger partial charge >= 0.3 is 0 Å². The molecule has 0 radical (unpaired) electrons. The van der Waals surface area contributed by atoms with Gasteiger partial charge in [-0.25, -0.2) is 0 Å². The number of likely N-dealkylation sites (N-methyl/N-ethyl adjacent to an activating group) is 1. The molecule has 25 heavy (non-hydrogen) atoms. The second-order valence-electron chi connectivity index (χ2n) is 6.67. The molecule has 1 aliphatic rings. The standard InChI is InChI=1S/C16H23Cl2N3O3S/c1-11-7-12(2)9-21(8-11)25(23,24)20(3)10-15(22)19-16-13(17)5-4-6-14(16)18/h4-6,11-12H,7-10H2,1-3H3,(H,19,22). The highest BCUT2D eigenvalue weighted by atomic mass is 35.5. The first-order valence-corrected chi connectivity index (χ1v) is 10.2. The predicted molar refractivity (Wildman–Crippen MR) is 101 cm³/mol. The normalized spacial score (nSPS) is 22.2. The lowest BCUT2D eigenvalue weighted by atomic mass is 9.94. The van der Waals surface area contributed by atoms with E-state index in [1.807, 2.05) is 13.8 Å². The Bertz CT molecular complexity index is 712. The van der Waals surface area contributed by atoms with Crippen LogP contribution in [0, 0.1) is 11.8 Å². The topological polar surface area (TPSA) is 69.7 Å². The number of nitrogens with one attached hydrogen (secondary N) is 1. The lowest BCUT2D eigenvalue weighted by Gasteiger charge is -2.36. The summed E-state index contributed by atoms with van der Waals surface area (Å²) in [5, 5.41) is 3.17. The third-order valence-corrected chi connectivity index (χ3v) is 6.65. The van der Waals surface area contributed by atoms with Gasteiger partial charge in [-0.2, -0.15) is 17.0 Å². The van der Waals surface area contributed by atoms with Crippen molar-refractivity contribution in [3.63, 3.8) is 0 Å². The number of hydrogen-bond acceptors (Lipinski definition) is 3. The second-order valence-corrected chi connectivity index (χ2v) is 9.52. The number of piperidine rings is 1. The molecular formula is C16H23Cl2N3O3S. The fourth-order valence-electron chi connectivity index (χ4n) is 3.07. The molecule has 0 spiro atoms. The average molecular weight is 408 g/mol. The van der Waals surface area contributed by atoms with Gasteiger partial charge in [-0.3, -0.25) is 4.79 Å². The molecule has 1 fully saturated rings. The zero-order valence-corrected chi connectivity index (χ0v) is 16.8. The summed E-state index contributed by atoms with van der Waals surface area (Å²) in [7, 11) is -2.30. The first-order valence-electron chi connectivity index (χ1n) is 8.06. The SMILES string of the molecule is CC1CC(C)CN(S(=O)(=O)N(C)CC(=O)Nc2c(Cl)cccc2Cl)C1. The van der Waals surface area contributed by atoms with Gasteiger partial charge in [0, 0.05) is 20.1 Å². The van der Waals surface area contributed by atoms with Crippen molar-refractivity contribution in [1.29, 1.82) is 0 Å². The van der Waals surface area contributed by atoms with Crippen LogP contribution >= 0.6 is 23.2 Å². The van der Waals surface area contributed by atoms with E-state index in [9.17, 15) is 13.2 Å². The van der Waals surface area contributed by atoms with E-state index in [0.29, 0.717) is 35.0 Å². The lowest BCUT2D eigenvalue weighted by molar-refractivity contribution is -0.116. The molecule has 2 rings (SSSR count). The zero-order chi connectivity index (χ0) is 18.8. The highest BCUT2D eigenvalue weighted by molar-refractivity contribution is 7.86. The van der Waals surface area contributed by atoms with Crippen LogP contribution in [-0.2, 0) is 15.0 Å². The highest BCUT2D eigenvalue weighted by Crippen LogP contribution is 2.30. The van der Waals surface area contributed by atoms with E-state index in [-0.39, 0.29) is 12.2 Å². The van der Waals surface area contributed by atoms with Crippen molar-refractivity contribution in [1.82, 2.24) is 8.61 Å². The predicted octanol–water partition coefficient (Wildman–Crippen LogP) is 3.09. The average Bonchev–Trinajstić information content (AvgIpc) is 2.50. The highest BCUT2D eigenvalue weighted by Gasteiger charge is 2.33. The molecule has 2 atom stereocenters. The van der Waals surface area contributed by atoms with Crippen molar-refractivity contribution in [2.45, 2.75) is 20.3 Å². The van der Waals surface area contributed by atoms with Crippen molar-refractivity contribution < 1.29 is 13.2 Å². The molecule has 1 aliphatic heterocycles. The van der Waals surface area contributed by atoms with Gasteiger partial charge in [0.1, 0.15) is 0 Å². The van der Waals surface area contributed by atoms with Crippen LogP contribution in [0.2, 0.25) is 10.0 Å². The van der Waals surface area contributed by atoms with Crippen LogP contribution in [0.4, 0.5) is 5.69 Å². The summed E-state index contributed by atoms with van der Waals surface area (Å²) < 4.78 is 27.9. The molecule has 140 valence electrons. The minimum Gasteiger partial charge on any atom is -0.322 e. The van der Waals surface area contributed by atoms with Crippen LogP contribution in [0.5, 0.6) is 0 Å². The monoisotopic (exact) mass is 407 g/mol. The third kappa shape index (κ3) is 5.08. The van der Waals surface area contributed by atoms with Gasteiger partial charge in [-0.15, -0.1) is 0 Å². The summed E-state index contributed by atoms with van der Waals surface area (Å²) in [6, 6.07) is 4.86. The van der Waals surface area contributed by atoms with Gasteiger partial charge in [0.25, 0.3) is 10.2 Å². The fourth-order valence-corrected chi connectivity index (χ4v) is 5.12. The molecule has 0 aromatic heterocycles. The first-order chi connectivity index (χ1) is 11.6. The van der Waals surface area contributed by atoms with Crippen molar-refractivity contribution in [2.75, 3.05) is 32.0 Å². The van der Waals surface area contributed by atoms with Gasteiger partial charge in [0.15, 0.2) is 0 Å². The number of benzene rings is 1. The quantitative estimate of drug-likeness (QED) is 0.814. The van der Waals surface area contributed by atoms with Gasteiger partial charge < -0.3 is 5.32 Å². The Morgan fingerprint density at radius 2 is 1.76 bits per heavy atom. The fraction of sp³-hybridized carbons (Fsp3) is 0.562. The molecule has 1 saturated heterocycles. The number of nitrogens with zero attached hydrogens (tertiary/aromatic N) is 2. The minimum atomic E-state index is -3.70. The van der Waals surface area contributed by atoms with Gasteiger partial charge in [-0.05, 0) is 30.4 Å². The molecule has 2 unspecified atom stereocenters. The van der Waals surface area contributed by atoms with E-state index in [0.717, 1.165) is 10.7 Å². The van der Waals surface area contributed by atoms with Crippen LogP contribution < -0.4 is 5.32 Å². The lowest BCUT2D eigenvalue weighted by Crippen LogP contribution is -2.49. The number of hydrogen-bond donors (Lipinski definition) is 1. The molecule has 9 heteroatoms. The first kappa shape index (κ1) is 20.5. The third-order valence-electron chi connectivity index (χ3n) is 4.15. The van der Waals surface area contributed by atoms with E-state index >= 15 is 0 Å². The van der Waals surface area contributed by atoms with E-state index in [2.05, 4.69) is 5.32 Å². The Hall–Kier alpha value is -0.860. The van der Waals surface area contributed by atoms with Gasteiger partial charge in [0.2, 0.25) is 5.91 Å². The number of amides is 1. The number of carbonyl (C=O) groups excluding carboxylic acids is 1. The van der Waals surface area contributed by atoms with Crippen LogP contribution in [-0.4, -0.2) is 49.6 Å². The maximum Gasteiger partial charge on any atom is 0.282 e. The summed E-state index contributed by atoms with van der Waals surface area (Å²) in [6.07, 6.45) is 1.00. The molecule has 1 heterocycles. The van der Waals surface area contributed by atoms with Gasteiger partial charge in [-0.1, -0.05) is 43.1 Å².